The Morgan fingerprint density at radius 3 is 2.62 bits per heavy atom. The Kier molecular flexibility index (Phi) is 3.93. The molecule has 0 N–H and O–H groups in total. The molecule has 16 heavy (non-hydrogen) atoms. The molecule has 0 aromatic heterocycles. The predicted octanol–water partition coefficient (Wildman–Crippen LogP) is 2.10. The van der Waals surface area contributed by atoms with Crippen LogP contribution in [0.1, 0.15) is 26.2 Å². The maximum atomic E-state index is 12.1. The lowest BCUT2D eigenvalue weighted by Crippen LogP contribution is -2.21. The lowest BCUT2D eigenvalue weighted by Gasteiger charge is -2.11. The van der Waals surface area contributed by atoms with Crippen LogP contribution in [-0.4, -0.2) is 24.5 Å². The van der Waals surface area contributed by atoms with Crippen molar-refractivity contribution in [1.29, 1.82) is 0 Å². The summed E-state index contributed by atoms with van der Waals surface area (Å²) < 4.78 is 40.9. The Morgan fingerprint density at radius 1 is 1.50 bits per heavy atom. The molecule has 1 saturated carbocycles. The van der Waals surface area contributed by atoms with E-state index in [1.165, 1.54) is 0 Å². The molecule has 0 aromatic carbocycles. The third-order valence-electron chi connectivity index (χ3n) is 2.54. The smallest absolute Gasteiger partial charge is 0.389 e. The van der Waals surface area contributed by atoms with Crippen molar-refractivity contribution in [3.05, 3.63) is 0 Å². The summed E-state index contributed by atoms with van der Waals surface area (Å²) in [6.07, 6.45) is -5.51. The van der Waals surface area contributed by atoms with Crippen molar-refractivity contribution in [2.24, 2.45) is 11.8 Å². The highest BCUT2D eigenvalue weighted by Gasteiger charge is 2.43. The van der Waals surface area contributed by atoms with Gasteiger partial charge in [0.2, 0.25) is 0 Å². The number of esters is 1. The number of halogens is 3. The van der Waals surface area contributed by atoms with Gasteiger partial charge in [-0.05, 0) is 19.3 Å². The van der Waals surface area contributed by atoms with Gasteiger partial charge in [0.1, 0.15) is 11.7 Å². The van der Waals surface area contributed by atoms with Crippen molar-refractivity contribution in [3.63, 3.8) is 0 Å². The van der Waals surface area contributed by atoms with E-state index in [4.69, 9.17) is 0 Å². The summed E-state index contributed by atoms with van der Waals surface area (Å²) in [4.78, 5) is 22.6. The van der Waals surface area contributed by atoms with Crippen LogP contribution in [0.25, 0.3) is 0 Å². The van der Waals surface area contributed by atoms with Gasteiger partial charge in [-0.25, -0.2) is 0 Å². The third kappa shape index (κ3) is 3.50. The van der Waals surface area contributed by atoms with E-state index in [1.54, 1.807) is 6.92 Å². The van der Waals surface area contributed by atoms with Gasteiger partial charge in [0.05, 0.1) is 6.61 Å². The fourth-order valence-corrected chi connectivity index (χ4v) is 1.93. The molecule has 0 radical (unpaired) electrons. The highest BCUT2D eigenvalue weighted by molar-refractivity contribution is 6.00. The van der Waals surface area contributed by atoms with Gasteiger partial charge in [-0.1, -0.05) is 0 Å². The molecule has 1 aliphatic rings. The molecule has 0 heterocycles. The number of hydrogen-bond acceptors (Lipinski definition) is 3. The summed E-state index contributed by atoms with van der Waals surface area (Å²) in [7, 11) is 0. The van der Waals surface area contributed by atoms with E-state index in [2.05, 4.69) is 4.74 Å². The van der Waals surface area contributed by atoms with Crippen molar-refractivity contribution in [2.75, 3.05) is 6.61 Å². The molecule has 0 amide bonds. The molecule has 2 unspecified atom stereocenters. The summed E-state index contributed by atoms with van der Waals surface area (Å²) in [5.74, 6) is -2.90. The lowest BCUT2D eigenvalue weighted by molar-refractivity contribution is -0.152. The summed E-state index contributed by atoms with van der Waals surface area (Å²) in [5.41, 5.74) is 0. The number of hydrogen-bond donors (Lipinski definition) is 0. The van der Waals surface area contributed by atoms with Gasteiger partial charge < -0.3 is 4.74 Å². The maximum Gasteiger partial charge on any atom is 0.389 e. The van der Waals surface area contributed by atoms with Crippen LogP contribution in [-0.2, 0) is 14.3 Å². The molecule has 6 heteroatoms. The monoisotopic (exact) mass is 238 g/mol. The van der Waals surface area contributed by atoms with Crippen molar-refractivity contribution in [3.8, 4) is 0 Å². The molecule has 2 atom stereocenters. The first-order chi connectivity index (χ1) is 7.33. The molecule has 0 saturated heterocycles. The van der Waals surface area contributed by atoms with E-state index in [0.29, 0.717) is 0 Å². The van der Waals surface area contributed by atoms with E-state index >= 15 is 0 Å². The van der Waals surface area contributed by atoms with Gasteiger partial charge in [0.25, 0.3) is 0 Å². The number of alkyl halides is 3. The molecule has 0 bridgehead atoms. The Balaban J connectivity index is 2.54. The van der Waals surface area contributed by atoms with Crippen LogP contribution in [0.3, 0.4) is 0 Å². The second-order valence-electron chi connectivity index (χ2n) is 3.90. The number of carbonyl (C=O) groups excluding carboxylic acids is 2. The highest BCUT2D eigenvalue weighted by atomic mass is 19.4. The zero-order chi connectivity index (χ0) is 12.3. The second-order valence-corrected chi connectivity index (χ2v) is 3.90. The molecule has 0 aromatic rings. The fourth-order valence-electron chi connectivity index (χ4n) is 1.93. The zero-order valence-corrected chi connectivity index (χ0v) is 8.84. The maximum absolute atomic E-state index is 12.1. The van der Waals surface area contributed by atoms with E-state index in [9.17, 15) is 22.8 Å². The van der Waals surface area contributed by atoms with Crippen LogP contribution in [0, 0.1) is 11.8 Å². The van der Waals surface area contributed by atoms with E-state index < -0.39 is 36.2 Å². The van der Waals surface area contributed by atoms with Gasteiger partial charge >= 0.3 is 12.1 Å². The molecular formula is C10H13F3O3. The van der Waals surface area contributed by atoms with Crippen LogP contribution >= 0.6 is 0 Å². The summed E-state index contributed by atoms with van der Waals surface area (Å²) in [6, 6.07) is 0. The Morgan fingerprint density at radius 2 is 2.12 bits per heavy atom. The minimum absolute atomic E-state index is 0.0445. The standard InChI is InChI=1S/C10H13F3O3/c1-2-16-9(15)7-3-6(4-8(7)14)5-10(11,12)13/h6-7H,2-5H2,1H3. The van der Waals surface area contributed by atoms with Crippen LogP contribution in [0.15, 0.2) is 0 Å². The molecule has 0 spiro atoms. The summed E-state index contributed by atoms with van der Waals surface area (Å²) >= 11 is 0. The van der Waals surface area contributed by atoms with Crippen LogP contribution in [0.4, 0.5) is 13.2 Å². The van der Waals surface area contributed by atoms with E-state index in [-0.39, 0.29) is 19.4 Å². The molecule has 92 valence electrons. The predicted molar refractivity (Wildman–Crippen MR) is 48.5 cm³/mol. The zero-order valence-electron chi connectivity index (χ0n) is 8.84. The lowest BCUT2D eigenvalue weighted by atomic mass is 10.0. The largest absolute Gasteiger partial charge is 0.465 e. The van der Waals surface area contributed by atoms with E-state index in [0.717, 1.165) is 0 Å². The summed E-state index contributed by atoms with van der Waals surface area (Å²) in [5, 5.41) is 0. The molecular weight excluding hydrogens is 225 g/mol. The van der Waals surface area contributed by atoms with Crippen molar-refractivity contribution < 1.29 is 27.5 Å². The van der Waals surface area contributed by atoms with E-state index in [1.807, 2.05) is 0 Å². The minimum atomic E-state index is -4.28. The van der Waals surface area contributed by atoms with Gasteiger partial charge in [-0.3, -0.25) is 9.59 Å². The Hall–Kier alpha value is -1.07. The van der Waals surface area contributed by atoms with Crippen LogP contribution in [0.5, 0.6) is 0 Å². The molecule has 1 fully saturated rings. The normalized spacial score (nSPS) is 25.9. The average Bonchev–Trinajstić information content (AvgIpc) is 2.44. The quantitative estimate of drug-likeness (QED) is 0.558. The molecule has 3 nitrogen and oxygen atoms in total. The minimum Gasteiger partial charge on any atom is -0.465 e. The number of ketones is 1. The van der Waals surface area contributed by atoms with Gasteiger partial charge in [-0.2, -0.15) is 13.2 Å². The average molecular weight is 238 g/mol. The number of carbonyl (C=O) groups is 2. The fraction of sp³-hybridized carbons (Fsp3) is 0.800. The topological polar surface area (TPSA) is 43.4 Å². The van der Waals surface area contributed by atoms with Gasteiger partial charge in [-0.15, -0.1) is 0 Å². The third-order valence-corrected chi connectivity index (χ3v) is 2.54. The summed E-state index contributed by atoms with van der Waals surface area (Å²) in [6.45, 7) is 1.72. The highest BCUT2D eigenvalue weighted by Crippen LogP contribution is 2.36. The first-order valence-electron chi connectivity index (χ1n) is 5.09. The first-order valence-corrected chi connectivity index (χ1v) is 5.09. The van der Waals surface area contributed by atoms with Crippen LogP contribution < -0.4 is 0 Å². The van der Waals surface area contributed by atoms with Crippen molar-refractivity contribution in [1.82, 2.24) is 0 Å². The van der Waals surface area contributed by atoms with Crippen molar-refractivity contribution in [2.45, 2.75) is 32.4 Å². The molecule has 1 rings (SSSR count). The van der Waals surface area contributed by atoms with Crippen LogP contribution in [0.2, 0.25) is 0 Å². The molecule has 0 aliphatic heterocycles. The number of rotatable bonds is 3. The Labute approximate surface area is 91.0 Å². The Bertz CT molecular complexity index is 286. The first kappa shape index (κ1) is 13.0. The number of ether oxygens (including phenoxy) is 1. The SMILES string of the molecule is CCOC(=O)C1CC(CC(F)(F)F)CC1=O. The van der Waals surface area contributed by atoms with Crippen molar-refractivity contribution >= 4 is 11.8 Å². The van der Waals surface area contributed by atoms with Gasteiger partial charge in [0.15, 0.2) is 0 Å². The second kappa shape index (κ2) is 4.84. The number of Topliss-reactive ketones (excluding diaryl/α,β-unsaturated/α-hetero) is 1. The van der Waals surface area contributed by atoms with Gasteiger partial charge in [0, 0.05) is 12.8 Å². The molecule has 1 aliphatic carbocycles.